The van der Waals surface area contributed by atoms with Crippen LogP contribution in [-0.4, -0.2) is 36.3 Å². The molecule has 0 atom stereocenters. The van der Waals surface area contributed by atoms with Crippen LogP contribution in [0.4, 0.5) is 0 Å². The third-order valence-corrected chi connectivity index (χ3v) is 3.32. The average molecular weight is 333 g/mol. The van der Waals surface area contributed by atoms with E-state index in [2.05, 4.69) is 15.5 Å². The highest BCUT2D eigenvalue weighted by atomic mass is 16.5. The van der Waals surface area contributed by atoms with Gasteiger partial charge in [0.15, 0.2) is 17.3 Å². The number of nitrogens with one attached hydrogen (secondary N) is 1. The molecule has 0 aliphatic rings. The van der Waals surface area contributed by atoms with Crippen molar-refractivity contribution in [2.24, 2.45) is 0 Å². The monoisotopic (exact) mass is 333 g/mol. The van der Waals surface area contributed by atoms with Crippen LogP contribution in [0.15, 0.2) is 28.8 Å². The number of carbonyl (C=O) groups excluding carboxylic acids is 1. The molecule has 7 nitrogen and oxygen atoms in total. The SMILES string of the molecule is COc1ccccc1OCCNC(=O)CCc1nc(C(C)C)no1. The molecule has 2 rings (SSSR count). The van der Waals surface area contributed by atoms with Crippen LogP contribution < -0.4 is 14.8 Å². The zero-order valence-corrected chi connectivity index (χ0v) is 14.2. The highest BCUT2D eigenvalue weighted by Crippen LogP contribution is 2.25. The first kappa shape index (κ1) is 17.8. The number of aromatic nitrogens is 2. The van der Waals surface area contributed by atoms with Crippen molar-refractivity contribution in [3.63, 3.8) is 0 Å². The maximum absolute atomic E-state index is 11.8. The molecule has 1 heterocycles. The molecular weight excluding hydrogens is 310 g/mol. The van der Waals surface area contributed by atoms with E-state index in [4.69, 9.17) is 14.0 Å². The number of aryl methyl sites for hydroxylation is 1. The van der Waals surface area contributed by atoms with Crippen LogP contribution in [0, 0.1) is 0 Å². The van der Waals surface area contributed by atoms with E-state index in [0.29, 0.717) is 49.2 Å². The molecule has 1 N–H and O–H groups in total. The van der Waals surface area contributed by atoms with Crippen LogP contribution in [0.3, 0.4) is 0 Å². The highest BCUT2D eigenvalue weighted by Gasteiger charge is 2.11. The zero-order chi connectivity index (χ0) is 17.4. The number of amides is 1. The largest absolute Gasteiger partial charge is 0.493 e. The summed E-state index contributed by atoms with van der Waals surface area (Å²) in [5, 5.41) is 6.66. The lowest BCUT2D eigenvalue weighted by molar-refractivity contribution is -0.121. The molecule has 1 aromatic carbocycles. The summed E-state index contributed by atoms with van der Waals surface area (Å²) in [6.45, 7) is 4.76. The second-order valence-corrected chi connectivity index (χ2v) is 5.55. The minimum absolute atomic E-state index is 0.0806. The van der Waals surface area contributed by atoms with Crippen LogP contribution in [-0.2, 0) is 11.2 Å². The number of ether oxygens (including phenoxy) is 2. The second-order valence-electron chi connectivity index (χ2n) is 5.55. The maximum Gasteiger partial charge on any atom is 0.227 e. The highest BCUT2D eigenvalue weighted by molar-refractivity contribution is 5.75. The molecular formula is C17H23N3O4. The number of carbonyl (C=O) groups is 1. The lowest BCUT2D eigenvalue weighted by Gasteiger charge is -2.10. The van der Waals surface area contributed by atoms with Crippen molar-refractivity contribution in [2.75, 3.05) is 20.3 Å². The summed E-state index contributed by atoms with van der Waals surface area (Å²) in [6.07, 6.45) is 0.729. The molecule has 0 bridgehead atoms. The molecule has 130 valence electrons. The fraction of sp³-hybridized carbons (Fsp3) is 0.471. The second kappa shape index (κ2) is 8.90. The molecule has 0 unspecified atom stereocenters. The first-order valence-electron chi connectivity index (χ1n) is 7.95. The van der Waals surface area contributed by atoms with Gasteiger partial charge in [-0.1, -0.05) is 31.1 Å². The Morgan fingerprint density at radius 2 is 2.04 bits per heavy atom. The molecule has 2 aromatic rings. The van der Waals surface area contributed by atoms with E-state index in [0.717, 1.165) is 0 Å². The summed E-state index contributed by atoms with van der Waals surface area (Å²) in [7, 11) is 1.59. The molecule has 24 heavy (non-hydrogen) atoms. The van der Waals surface area contributed by atoms with E-state index in [1.165, 1.54) is 0 Å². The van der Waals surface area contributed by atoms with Gasteiger partial charge in [-0.05, 0) is 12.1 Å². The lowest BCUT2D eigenvalue weighted by Crippen LogP contribution is -2.28. The first-order chi connectivity index (χ1) is 11.6. The average Bonchev–Trinajstić information content (AvgIpc) is 3.06. The predicted molar refractivity (Wildman–Crippen MR) is 88.2 cm³/mol. The summed E-state index contributed by atoms with van der Waals surface area (Å²) in [5.74, 6) is 2.60. The maximum atomic E-state index is 11.8. The first-order valence-corrected chi connectivity index (χ1v) is 7.95. The van der Waals surface area contributed by atoms with Gasteiger partial charge in [-0.3, -0.25) is 4.79 Å². The van der Waals surface area contributed by atoms with Crippen molar-refractivity contribution >= 4 is 5.91 Å². The Labute approximate surface area is 141 Å². The molecule has 1 aromatic heterocycles. The number of rotatable bonds is 9. The topological polar surface area (TPSA) is 86.5 Å². The van der Waals surface area contributed by atoms with Crippen LogP contribution >= 0.6 is 0 Å². The Balaban J connectivity index is 1.66. The summed E-state index contributed by atoms with van der Waals surface area (Å²) in [6, 6.07) is 7.38. The Kier molecular flexibility index (Phi) is 6.60. The Morgan fingerprint density at radius 1 is 1.29 bits per heavy atom. The van der Waals surface area contributed by atoms with Gasteiger partial charge in [-0.15, -0.1) is 0 Å². The van der Waals surface area contributed by atoms with Crippen molar-refractivity contribution in [1.29, 1.82) is 0 Å². The van der Waals surface area contributed by atoms with Crippen LogP contribution in [0.5, 0.6) is 11.5 Å². The number of para-hydroxylation sites is 2. The van der Waals surface area contributed by atoms with Gasteiger partial charge in [-0.25, -0.2) is 0 Å². The van der Waals surface area contributed by atoms with E-state index in [-0.39, 0.29) is 11.8 Å². The number of methoxy groups -OCH3 is 1. The molecule has 0 spiro atoms. The Morgan fingerprint density at radius 3 is 2.71 bits per heavy atom. The number of benzene rings is 1. The zero-order valence-electron chi connectivity index (χ0n) is 14.2. The van der Waals surface area contributed by atoms with Crippen molar-refractivity contribution in [2.45, 2.75) is 32.6 Å². The number of hydrogen-bond donors (Lipinski definition) is 1. The molecule has 1 amide bonds. The van der Waals surface area contributed by atoms with Gasteiger partial charge in [0, 0.05) is 18.8 Å². The fourth-order valence-electron chi connectivity index (χ4n) is 2.00. The third-order valence-electron chi connectivity index (χ3n) is 3.32. The standard InChI is InChI=1S/C17H23N3O4/c1-12(2)17-19-16(24-20-17)9-8-15(21)18-10-11-23-14-7-5-4-6-13(14)22-3/h4-7,12H,8-11H2,1-3H3,(H,18,21). The quantitative estimate of drug-likeness (QED) is 0.709. The molecule has 0 fully saturated rings. The van der Waals surface area contributed by atoms with Gasteiger partial charge in [0.2, 0.25) is 11.8 Å². The van der Waals surface area contributed by atoms with Gasteiger partial charge in [0.05, 0.1) is 13.7 Å². The van der Waals surface area contributed by atoms with Crippen molar-refractivity contribution in [3.8, 4) is 11.5 Å². The third kappa shape index (κ3) is 5.26. The van der Waals surface area contributed by atoms with Gasteiger partial charge >= 0.3 is 0 Å². The van der Waals surface area contributed by atoms with E-state index in [1.807, 2.05) is 38.1 Å². The van der Waals surface area contributed by atoms with Crippen molar-refractivity contribution in [3.05, 3.63) is 36.0 Å². The van der Waals surface area contributed by atoms with Crippen LogP contribution in [0.1, 0.15) is 37.9 Å². The van der Waals surface area contributed by atoms with Gasteiger partial charge in [-0.2, -0.15) is 4.98 Å². The lowest BCUT2D eigenvalue weighted by atomic mass is 10.2. The molecule has 0 aliphatic carbocycles. The summed E-state index contributed by atoms with van der Waals surface area (Å²) in [4.78, 5) is 16.1. The van der Waals surface area contributed by atoms with E-state index in [1.54, 1.807) is 7.11 Å². The fourth-order valence-corrected chi connectivity index (χ4v) is 2.00. The minimum Gasteiger partial charge on any atom is -0.493 e. The van der Waals surface area contributed by atoms with Crippen LogP contribution in [0.2, 0.25) is 0 Å². The molecule has 0 aliphatic heterocycles. The summed E-state index contributed by atoms with van der Waals surface area (Å²) < 4.78 is 15.9. The number of nitrogens with zero attached hydrogens (tertiary/aromatic N) is 2. The smallest absolute Gasteiger partial charge is 0.227 e. The van der Waals surface area contributed by atoms with Crippen molar-refractivity contribution in [1.82, 2.24) is 15.5 Å². The van der Waals surface area contributed by atoms with E-state index >= 15 is 0 Å². The molecule has 7 heteroatoms. The predicted octanol–water partition coefficient (Wildman–Crippen LogP) is 2.33. The minimum atomic E-state index is -0.0806. The number of hydrogen-bond acceptors (Lipinski definition) is 6. The Bertz CT molecular complexity index is 655. The normalized spacial score (nSPS) is 10.7. The van der Waals surface area contributed by atoms with Gasteiger partial charge < -0.3 is 19.3 Å². The molecule has 0 radical (unpaired) electrons. The summed E-state index contributed by atoms with van der Waals surface area (Å²) in [5.41, 5.74) is 0. The summed E-state index contributed by atoms with van der Waals surface area (Å²) >= 11 is 0. The molecule has 0 saturated heterocycles. The Hall–Kier alpha value is -2.57. The molecule has 0 saturated carbocycles. The van der Waals surface area contributed by atoms with Crippen molar-refractivity contribution < 1.29 is 18.8 Å². The van der Waals surface area contributed by atoms with Gasteiger partial charge in [0.25, 0.3) is 0 Å². The van der Waals surface area contributed by atoms with E-state index < -0.39 is 0 Å². The van der Waals surface area contributed by atoms with Gasteiger partial charge in [0.1, 0.15) is 6.61 Å². The van der Waals surface area contributed by atoms with E-state index in [9.17, 15) is 4.79 Å². The van der Waals surface area contributed by atoms with Crippen LogP contribution in [0.25, 0.3) is 0 Å².